The van der Waals surface area contributed by atoms with Crippen molar-refractivity contribution >= 4 is 65.7 Å². The molecule has 0 rings (SSSR count). The third-order valence-electron chi connectivity index (χ3n) is 0. The van der Waals surface area contributed by atoms with Gasteiger partial charge in [0.05, 0.1) is 0 Å². The molecule has 0 aliphatic rings. The minimum absolute atomic E-state index is 0. The summed E-state index contributed by atoms with van der Waals surface area (Å²) in [6.45, 7) is 0. The Kier molecular flexibility index (Phi) is 130. The zero-order valence-corrected chi connectivity index (χ0v) is 10.9. The second-order valence-corrected chi connectivity index (χ2v) is 0. The molecule has 0 unspecified atom stereocenters. The van der Waals surface area contributed by atoms with Crippen LogP contribution in [0.5, 0.6) is 0 Å². The van der Waals surface area contributed by atoms with Crippen LogP contribution in [0.4, 0.5) is 0 Å². The quantitative estimate of drug-likeness (QED) is 0.409. The van der Waals surface area contributed by atoms with Crippen molar-refractivity contribution in [2.45, 2.75) is 0 Å². The summed E-state index contributed by atoms with van der Waals surface area (Å²) in [5.41, 5.74) is 0. The molecule has 2 radical (unpaired) electrons. The standard InChI is InChI=1S/Al.Fe.Sb.Sn.8H. The average molecular weight is 331 g/mol. The van der Waals surface area contributed by atoms with E-state index < -0.39 is 0 Å². The molecule has 0 spiro atoms. The van der Waals surface area contributed by atoms with Crippen LogP contribution in [0, 0.1) is 0 Å². The first-order valence-corrected chi connectivity index (χ1v) is 0. The summed E-state index contributed by atoms with van der Waals surface area (Å²) in [6.07, 6.45) is 0. The van der Waals surface area contributed by atoms with E-state index in [-0.39, 0.29) is 82.8 Å². The van der Waals surface area contributed by atoms with Gasteiger partial charge in [-0.3, -0.25) is 0 Å². The fourth-order valence-corrected chi connectivity index (χ4v) is 0. The molecule has 4 heteroatoms. The number of rotatable bonds is 0. The van der Waals surface area contributed by atoms with Crippen molar-refractivity contribution in [1.82, 2.24) is 0 Å². The third-order valence-corrected chi connectivity index (χ3v) is 0. The predicted molar refractivity (Wildman–Crippen MR) is 28.4 cm³/mol. The molecule has 0 aromatic heterocycles. The van der Waals surface area contributed by atoms with Crippen molar-refractivity contribution in [2.75, 3.05) is 0 Å². The molecule has 28 valence electrons. The van der Waals surface area contributed by atoms with E-state index in [9.17, 15) is 0 Å². The van der Waals surface area contributed by atoms with Gasteiger partial charge < -0.3 is 0 Å². The maximum absolute atomic E-state index is 0. The first-order valence-electron chi connectivity index (χ1n) is 0. The molecule has 0 aliphatic heterocycles. The Morgan fingerprint density at radius 2 is 1.00 bits per heavy atom. The van der Waals surface area contributed by atoms with Gasteiger partial charge in [-0.2, -0.15) is 0 Å². The van der Waals surface area contributed by atoms with Crippen molar-refractivity contribution in [3.05, 3.63) is 0 Å². The summed E-state index contributed by atoms with van der Waals surface area (Å²) >= 11 is 0. The first kappa shape index (κ1) is 30.1. The molecule has 0 nitrogen and oxygen atoms in total. The van der Waals surface area contributed by atoms with Gasteiger partial charge in [0.1, 0.15) is 0 Å². The summed E-state index contributed by atoms with van der Waals surface area (Å²) in [6, 6.07) is 0. The first-order chi connectivity index (χ1) is 0. The molecule has 0 aliphatic carbocycles. The second kappa shape index (κ2) is 17.3. The van der Waals surface area contributed by atoms with Crippen molar-refractivity contribution in [2.24, 2.45) is 0 Å². The second-order valence-electron chi connectivity index (χ2n) is 0. The SMILES string of the molecule is [AlH3].[Fe].[SbH3].[SnH2]. The van der Waals surface area contributed by atoms with Gasteiger partial charge in [0.25, 0.3) is 0 Å². The minimum atomic E-state index is 0. The zero-order chi connectivity index (χ0) is 0. The Balaban J connectivity index is 0. The molecule has 0 heterocycles. The van der Waals surface area contributed by atoms with E-state index in [0.717, 1.165) is 0 Å². The Hall–Kier alpha value is 2.67. The molecule has 0 amide bonds. The van der Waals surface area contributed by atoms with Gasteiger partial charge in [0.2, 0.25) is 0 Å². The van der Waals surface area contributed by atoms with Gasteiger partial charge in [0.15, 0.2) is 17.4 Å². The van der Waals surface area contributed by atoms with Crippen molar-refractivity contribution in [3.63, 3.8) is 0 Å². The Labute approximate surface area is 81.5 Å². The third kappa shape index (κ3) is 8.82. The van der Waals surface area contributed by atoms with E-state index in [0.29, 0.717) is 0 Å². The molecule has 0 aromatic rings. The van der Waals surface area contributed by atoms with Crippen LogP contribution in [0.25, 0.3) is 0 Å². The number of hydrogen-bond donors (Lipinski definition) is 0. The summed E-state index contributed by atoms with van der Waals surface area (Å²) in [5, 5.41) is 0. The summed E-state index contributed by atoms with van der Waals surface area (Å²) in [7, 11) is 0. The normalized spacial score (nSPS) is 0. The fourth-order valence-electron chi connectivity index (χ4n) is 0. The van der Waals surface area contributed by atoms with Gasteiger partial charge in [-0.05, 0) is 0 Å². The van der Waals surface area contributed by atoms with Crippen molar-refractivity contribution < 1.29 is 17.1 Å². The average Bonchev–Trinajstić information content (AvgIpc) is 0. The molecule has 0 bridgehead atoms. The summed E-state index contributed by atoms with van der Waals surface area (Å²) < 4.78 is 0. The van der Waals surface area contributed by atoms with Gasteiger partial charge >= 0.3 is 48.3 Å². The Morgan fingerprint density at radius 1 is 1.00 bits per heavy atom. The molecular formula is H8AlFeSbSn. The van der Waals surface area contributed by atoms with Crippen LogP contribution in [-0.4, -0.2) is 65.7 Å². The Morgan fingerprint density at radius 3 is 1.00 bits per heavy atom. The van der Waals surface area contributed by atoms with Crippen LogP contribution in [0.2, 0.25) is 0 Å². The summed E-state index contributed by atoms with van der Waals surface area (Å²) in [4.78, 5) is 0. The monoisotopic (exact) mass is 332 g/mol. The van der Waals surface area contributed by atoms with Gasteiger partial charge in [-0.25, -0.2) is 0 Å². The van der Waals surface area contributed by atoms with Crippen molar-refractivity contribution in [1.29, 1.82) is 0 Å². The molecular weight excluding hydrogens is 323 g/mol. The van der Waals surface area contributed by atoms with E-state index >= 15 is 0 Å². The van der Waals surface area contributed by atoms with Crippen molar-refractivity contribution in [3.8, 4) is 0 Å². The topological polar surface area (TPSA) is 0 Å². The summed E-state index contributed by atoms with van der Waals surface area (Å²) in [5.74, 6) is 0. The van der Waals surface area contributed by atoms with Crippen LogP contribution >= 0.6 is 0 Å². The fraction of sp³-hybridized carbons (Fsp3) is 0. The Bertz CT molecular complexity index is 8.00. The van der Waals surface area contributed by atoms with Gasteiger partial charge in [0, 0.05) is 17.1 Å². The molecule has 0 N–H and O–H groups in total. The molecule has 0 fully saturated rings. The van der Waals surface area contributed by atoms with Crippen LogP contribution in [0.15, 0.2) is 0 Å². The number of hydrogen-bond acceptors (Lipinski definition) is 0. The predicted octanol–water partition coefficient (Wildman–Crippen LogP) is -3.29. The van der Waals surface area contributed by atoms with Gasteiger partial charge in [-0.15, -0.1) is 0 Å². The van der Waals surface area contributed by atoms with E-state index in [1.165, 1.54) is 0 Å². The molecule has 0 saturated heterocycles. The van der Waals surface area contributed by atoms with Crippen LogP contribution in [-0.2, 0) is 17.1 Å². The maximum atomic E-state index is 0. The van der Waals surface area contributed by atoms with E-state index in [1.54, 1.807) is 0 Å². The van der Waals surface area contributed by atoms with Crippen LogP contribution in [0.3, 0.4) is 0 Å². The molecule has 0 saturated carbocycles. The molecule has 0 atom stereocenters. The van der Waals surface area contributed by atoms with E-state index in [4.69, 9.17) is 0 Å². The van der Waals surface area contributed by atoms with Crippen LogP contribution in [0.1, 0.15) is 0 Å². The van der Waals surface area contributed by atoms with Gasteiger partial charge in [-0.1, -0.05) is 0 Å². The van der Waals surface area contributed by atoms with E-state index in [1.807, 2.05) is 0 Å². The zero-order valence-electron chi connectivity index (χ0n) is 1.77. The molecule has 4 heavy (non-hydrogen) atoms. The van der Waals surface area contributed by atoms with E-state index in [2.05, 4.69) is 0 Å². The molecule has 0 aromatic carbocycles. The van der Waals surface area contributed by atoms with Crippen LogP contribution < -0.4 is 0 Å².